The van der Waals surface area contributed by atoms with Crippen LogP contribution in [-0.4, -0.2) is 72.9 Å². The summed E-state index contributed by atoms with van der Waals surface area (Å²) in [6.07, 6.45) is -2.89. The van der Waals surface area contributed by atoms with Crippen LogP contribution in [0.15, 0.2) is 23.5 Å². The molecular formula is C30H36O11. The van der Waals surface area contributed by atoms with Gasteiger partial charge < -0.3 is 38.6 Å². The average Bonchev–Trinajstić information content (AvgIpc) is 3.40. The topological polar surface area (TPSA) is 147 Å². The van der Waals surface area contributed by atoms with E-state index in [1.165, 1.54) is 26.4 Å². The number of benzene rings is 1. The van der Waals surface area contributed by atoms with Gasteiger partial charge in [-0.25, -0.2) is 4.79 Å². The van der Waals surface area contributed by atoms with E-state index in [4.69, 9.17) is 28.4 Å². The standard InChI is InChI=1S/C30H36O11/c1-13-7-17(31)26(33)28(3)16(13)10-20-29(4)25(28)24(22(37-6)14(2)30(29,35)11-21(32)40-20)41-27(34)15-8-18(36-5)23-19(9-15)38-12-39-23/h8-9,13,16-17,20,24-25,31,35H,7,10-12H2,1-6H3/t13-,16-,17-,20-,24+,25+,28+,29-,30+/m0/s1. The molecule has 1 saturated heterocycles. The van der Waals surface area contributed by atoms with E-state index in [0.29, 0.717) is 29.2 Å². The maximum Gasteiger partial charge on any atom is 0.339 e. The third kappa shape index (κ3) is 3.48. The summed E-state index contributed by atoms with van der Waals surface area (Å²) >= 11 is 0. The van der Waals surface area contributed by atoms with Crippen LogP contribution in [-0.2, 0) is 23.8 Å². The molecule has 0 unspecified atom stereocenters. The molecule has 41 heavy (non-hydrogen) atoms. The average molecular weight is 573 g/mol. The van der Waals surface area contributed by atoms with Gasteiger partial charge in [0.2, 0.25) is 12.5 Å². The highest BCUT2D eigenvalue weighted by Gasteiger charge is 2.77. The SMILES string of the molecule is COC1=C(C)[C@]2(O)CC(=O)O[C@H]3C[C@H]4[C@@H](C)C[C@H](O)C(=O)[C@@]4(C)[C@@H]([C@@H]1OC(=O)c1cc(OC)c4c(c1)OCO4)[C@]32C. The summed E-state index contributed by atoms with van der Waals surface area (Å²) < 4.78 is 34.3. The maximum absolute atomic E-state index is 14.0. The number of esters is 2. The van der Waals surface area contributed by atoms with Crippen LogP contribution in [0.2, 0.25) is 0 Å². The van der Waals surface area contributed by atoms with E-state index in [0.717, 1.165) is 0 Å². The Hall–Kier alpha value is -3.31. The van der Waals surface area contributed by atoms with E-state index < -0.39 is 52.6 Å². The molecule has 222 valence electrons. The van der Waals surface area contributed by atoms with Gasteiger partial charge >= 0.3 is 11.9 Å². The third-order valence-corrected chi connectivity index (χ3v) is 10.8. The molecule has 0 radical (unpaired) electrons. The molecule has 11 nitrogen and oxygen atoms in total. The van der Waals surface area contributed by atoms with Gasteiger partial charge in [0.1, 0.15) is 23.6 Å². The van der Waals surface area contributed by atoms with Gasteiger partial charge in [-0.1, -0.05) is 20.8 Å². The number of aliphatic hydroxyl groups is 2. The Morgan fingerprint density at radius 2 is 1.83 bits per heavy atom. The number of Topliss-reactive ketones (excluding diaryl/α,β-unsaturated/α-hetero) is 1. The van der Waals surface area contributed by atoms with Crippen LogP contribution < -0.4 is 14.2 Å². The molecule has 2 aliphatic heterocycles. The van der Waals surface area contributed by atoms with Gasteiger partial charge in [0.05, 0.1) is 26.2 Å². The van der Waals surface area contributed by atoms with E-state index in [1.807, 2.05) is 6.92 Å². The molecule has 11 heteroatoms. The molecule has 5 aliphatic rings. The Morgan fingerprint density at radius 1 is 1.10 bits per heavy atom. The summed E-state index contributed by atoms with van der Waals surface area (Å²) in [6, 6.07) is 2.97. The molecule has 0 amide bonds. The summed E-state index contributed by atoms with van der Waals surface area (Å²) in [4.78, 5) is 40.7. The third-order valence-electron chi connectivity index (χ3n) is 10.8. The van der Waals surface area contributed by atoms with Crippen LogP contribution in [0.4, 0.5) is 0 Å². The van der Waals surface area contributed by atoms with Crippen LogP contribution in [0.5, 0.6) is 17.2 Å². The predicted molar refractivity (Wildman–Crippen MR) is 140 cm³/mol. The van der Waals surface area contributed by atoms with Crippen molar-refractivity contribution in [1.82, 2.24) is 0 Å². The summed E-state index contributed by atoms with van der Waals surface area (Å²) in [5.74, 6) is -1.86. The van der Waals surface area contributed by atoms with Gasteiger partial charge in [-0.05, 0) is 43.7 Å². The molecular weight excluding hydrogens is 536 g/mol. The lowest BCUT2D eigenvalue weighted by Crippen LogP contribution is -2.76. The molecule has 2 heterocycles. The van der Waals surface area contributed by atoms with Crippen LogP contribution in [0.3, 0.4) is 0 Å². The number of hydrogen-bond acceptors (Lipinski definition) is 11. The van der Waals surface area contributed by atoms with Crippen LogP contribution in [0, 0.1) is 28.6 Å². The second-order valence-corrected chi connectivity index (χ2v) is 12.4. The molecule has 9 atom stereocenters. The number of hydrogen-bond donors (Lipinski definition) is 2. The van der Waals surface area contributed by atoms with Crippen LogP contribution in [0.25, 0.3) is 0 Å². The summed E-state index contributed by atoms with van der Waals surface area (Å²) in [5, 5.41) is 23.3. The Kier molecular flexibility index (Phi) is 6.17. The first-order valence-electron chi connectivity index (χ1n) is 13.9. The summed E-state index contributed by atoms with van der Waals surface area (Å²) in [7, 11) is 2.84. The first-order valence-corrected chi connectivity index (χ1v) is 13.9. The fourth-order valence-electron chi connectivity index (χ4n) is 8.77. The lowest BCUT2D eigenvalue weighted by molar-refractivity contribution is -0.279. The van der Waals surface area contributed by atoms with Crippen molar-refractivity contribution in [2.75, 3.05) is 21.0 Å². The molecule has 2 saturated carbocycles. The number of ether oxygens (including phenoxy) is 6. The second-order valence-electron chi connectivity index (χ2n) is 12.4. The molecule has 0 spiro atoms. The lowest BCUT2D eigenvalue weighted by atomic mass is 9.38. The summed E-state index contributed by atoms with van der Waals surface area (Å²) in [6.45, 7) is 7.15. The molecule has 0 aromatic heterocycles. The number of methoxy groups -OCH3 is 2. The van der Waals surface area contributed by atoms with Crippen molar-refractivity contribution in [3.63, 3.8) is 0 Å². The van der Waals surface area contributed by atoms with Crippen molar-refractivity contribution in [1.29, 1.82) is 0 Å². The molecule has 1 aromatic carbocycles. The van der Waals surface area contributed by atoms with E-state index in [-0.39, 0.29) is 48.6 Å². The lowest BCUT2D eigenvalue weighted by Gasteiger charge is -2.69. The van der Waals surface area contributed by atoms with Gasteiger partial charge in [-0.15, -0.1) is 0 Å². The van der Waals surface area contributed by atoms with Crippen molar-refractivity contribution >= 4 is 17.7 Å². The Morgan fingerprint density at radius 3 is 2.51 bits per heavy atom. The highest BCUT2D eigenvalue weighted by molar-refractivity contribution is 5.93. The number of ketones is 1. The first kappa shape index (κ1) is 27.8. The molecule has 3 aliphatic carbocycles. The van der Waals surface area contributed by atoms with Gasteiger partial charge in [-0.2, -0.15) is 0 Å². The Bertz CT molecular complexity index is 1370. The van der Waals surface area contributed by atoms with Crippen molar-refractivity contribution < 1.29 is 53.0 Å². The summed E-state index contributed by atoms with van der Waals surface area (Å²) in [5.41, 5.74) is -3.78. The Labute approximate surface area is 237 Å². The minimum absolute atomic E-state index is 0.0237. The van der Waals surface area contributed by atoms with Crippen molar-refractivity contribution in [2.45, 2.75) is 70.9 Å². The maximum atomic E-state index is 14.0. The molecule has 1 aromatic rings. The number of carbonyl (C=O) groups excluding carboxylic acids is 3. The minimum atomic E-state index is -1.74. The van der Waals surface area contributed by atoms with Gasteiger partial charge in [0.25, 0.3) is 0 Å². The van der Waals surface area contributed by atoms with E-state index in [2.05, 4.69) is 0 Å². The van der Waals surface area contributed by atoms with Gasteiger partial charge in [-0.3, -0.25) is 9.59 Å². The van der Waals surface area contributed by atoms with Gasteiger partial charge in [0, 0.05) is 22.3 Å². The molecule has 6 rings (SSSR count). The number of fused-ring (bicyclic) bond motifs is 3. The van der Waals surface area contributed by atoms with E-state index >= 15 is 0 Å². The predicted octanol–water partition coefficient (Wildman–Crippen LogP) is 2.55. The zero-order chi connectivity index (χ0) is 29.6. The van der Waals surface area contributed by atoms with Crippen molar-refractivity contribution in [3.05, 3.63) is 29.0 Å². The quantitative estimate of drug-likeness (QED) is 0.513. The zero-order valence-electron chi connectivity index (χ0n) is 24.0. The molecule has 2 N–H and O–H groups in total. The highest BCUT2D eigenvalue weighted by Crippen LogP contribution is 2.69. The Balaban J connectivity index is 1.54. The number of aliphatic hydroxyl groups excluding tert-OH is 1. The molecule has 0 bridgehead atoms. The van der Waals surface area contributed by atoms with Crippen LogP contribution >= 0.6 is 0 Å². The monoisotopic (exact) mass is 572 g/mol. The van der Waals surface area contributed by atoms with Crippen molar-refractivity contribution in [3.8, 4) is 17.2 Å². The van der Waals surface area contributed by atoms with Crippen LogP contribution in [0.1, 0.15) is 57.3 Å². The zero-order valence-corrected chi connectivity index (χ0v) is 24.0. The fourth-order valence-corrected chi connectivity index (χ4v) is 8.77. The van der Waals surface area contributed by atoms with Gasteiger partial charge in [0.15, 0.2) is 23.4 Å². The highest BCUT2D eigenvalue weighted by atomic mass is 16.7. The second kappa shape index (κ2) is 9.09. The normalized spacial score (nSPS) is 40.8. The van der Waals surface area contributed by atoms with Crippen molar-refractivity contribution in [2.24, 2.45) is 28.6 Å². The number of carbonyl (C=O) groups is 3. The largest absolute Gasteiger partial charge is 0.497 e. The fraction of sp³-hybridized carbons (Fsp3) is 0.633. The first-order chi connectivity index (χ1) is 19.3. The smallest absolute Gasteiger partial charge is 0.339 e. The number of rotatable bonds is 4. The molecule has 3 fully saturated rings. The minimum Gasteiger partial charge on any atom is -0.497 e. The van der Waals surface area contributed by atoms with E-state index in [1.54, 1.807) is 20.8 Å². The van der Waals surface area contributed by atoms with E-state index in [9.17, 15) is 24.6 Å².